The first-order valence-electron chi connectivity index (χ1n) is 11.3. The minimum atomic E-state index is -3.63. The van der Waals surface area contributed by atoms with Crippen molar-refractivity contribution in [3.05, 3.63) is 96.0 Å². The molecule has 0 N–H and O–H groups in total. The van der Waals surface area contributed by atoms with E-state index < -0.39 is 15.8 Å². The first-order valence-corrected chi connectivity index (χ1v) is 12.9. The van der Waals surface area contributed by atoms with E-state index in [0.717, 1.165) is 16.6 Å². The Morgan fingerprint density at radius 2 is 1.72 bits per heavy atom. The van der Waals surface area contributed by atoms with Gasteiger partial charge in [-0.2, -0.15) is 0 Å². The summed E-state index contributed by atoms with van der Waals surface area (Å²) in [7, 11) is -3.63. The minimum absolute atomic E-state index is 0.165. The molecule has 0 aliphatic heterocycles. The number of oxazole rings is 1. The Hall–Kier alpha value is -4.24. The van der Waals surface area contributed by atoms with E-state index in [1.54, 1.807) is 37.3 Å². The van der Waals surface area contributed by atoms with Crippen molar-refractivity contribution < 1.29 is 27.1 Å². The van der Waals surface area contributed by atoms with Gasteiger partial charge in [-0.15, -0.1) is 0 Å². The van der Waals surface area contributed by atoms with Gasteiger partial charge in [0.1, 0.15) is 17.9 Å². The SMILES string of the molecule is CCOC(=O)c1nc2ccc(CS(=O)(=O)c3ccc(OCc4ccc5ccccc5n4)cc3)cc2o1. The van der Waals surface area contributed by atoms with E-state index in [1.807, 2.05) is 36.4 Å². The van der Waals surface area contributed by atoms with Crippen LogP contribution >= 0.6 is 0 Å². The van der Waals surface area contributed by atoms with E-state index in [0.29, 0.717) is 22.4 Å². The van der Waals surface area contributed by atoms with Gasteiger partial charge in [-0.1, -0.05) is 30.3 Å². The van der Waals surface area contributed by atoms with Crippen LogP contribution < -0.4 is 4.74 Å². The van der Waals surface area contributed by atoms with Crippen molar-refractivity contribution in [2.24, 2.45) is 0 Å². The lowest BCUT2D eigenvalue weighted by molar-refractivity contribution is 0.0483. The van der Waals surface area contributed by atoms with E-state index in [1.165, 1.54) is 12.1 Å². The Balaban J connectivity index is 1.26. The Morgan fingerprint density at radius 1 is 0.917 bits per heavy atom. The fourth-order valence-corrected chi connectivity index (χ4v) is 5.07. The van der Waals surface area contributed by atoms with Gasteiger partial charge in [-0.05, 0) is 61.0 Å². The van der Waals surface area contributed by atoms with Crippen LogP contribution in [0.15, 0.2) is 88.2 Å². The van der Waals surface area contributed by atoms with Crippen LogP contribution in [0.5, 0.6) is 5.75 Å². The Kier molecular flexibility index (Phi) is 6.39. The average Bonchev–Trinajstić information content (AvgIpc) is 3.31. The standard InChI is InChI=1S/C27H22N2O6S/c1-2-33-27(30)26-29-24-14-7-18(15-25(24)35-26)17-36(31,32)22-12-10-21(11-13-22)34-16-20-9-8-19-5-3-4-6-23(19)28-20/h3-15H,2,16-17H2,1H3. The maximum Gasteiger partial charge on any atom is 0.394 e. The molecule has 5 rings (SSSR count). The third kappa shape index (κ3) is 5.06. The second-order valence-electron chi connectivity index (χ2n) is 8.06. The van der Waals surface area contributed by atoms with Crippen LogP contribution in [-0.2, 0) is 26.9 Å². The molecule has 8 nitrogen and oxygen atoms in total. The summed E-state index contributed by atoms with van der Waals surface area (Å²) in [5, 5.41) is 1.05. The van der Waals surface area contributed by atoms with Crippen LogP contribution in [0.25, 0.3) is 22.0 Å². The third-order valence-electron chi connectivity index (χ3n) is 5.49. The van der Waals surface area contributed by atoms with Crippen LogP contribution in [-0.4, -0.2) is 31.0 Å². The summed E-state index contributed by atoms with van der Waals surface area (Å²) in [5.41, 5.74) is 2.94. The molecule has 0 radical (unpaired) electrons. The third-order valence-corrected chi connectivity index (χ3v) is 7.19. The molecule has 0 aliphatic carbocycles. The molecule has 5 aromatic rings. The summed E-state index contributed by atoms with van der Waals surface area (Å²) in [6.07, 6.45) is 0. The summed E-state index contributed by atoms with van der Waals surface area (Å²) < 4.78 is 42.1. The van der Waals surface area contributed by atoms with Gasteiger partial charge >= 0.3 is 11.9 Å². The fourth-order valence-electron chi connectivity index (χ4n) is 3.73. The van der Waals surface area contributed by atoms with Gasteiger partial charge in [-0.3, -0.25) is 0 Å². The van der Waals surface area contributed by atoms with Crippen molar-refractivity contribution in [1.82, 2.24) is 9.97 Å². The van der Waals surface area contributed by atoms with Gasteiger partial charge < -0.3 is 13.9 Å². The number of aromatic nitrogens is 2. The smallest absolute Gasteiger partial charge is 0.394 e. The second kappa shape index (κ2) is 9.79. The first-order chi connectivity index (χ1) is 17.4. The number of carbonyl (C=O) groups excluding carboxylic acids is 1. The highest BCUT2D eigenvalue weighted by Crippen LogP contribution is 2.24. The Bertz CT molecular complexity index is 1660. The summed E-state index contributed by atoms with van der Waals surface area (Å²) in [5.74, 6) is -0.527. The van der Waals surface area contributed by atoms with Crippen molar-refractivity contribution in [2.45, 2.75) is 24.2 Å². The number of nitrogens with zero attached hydrogens (tertiary/aromatic N) is 2. The number of hydrogen-bond donors (Lipinski definition) is 0. The molecule has 0 fully saturated rings. The predicted molar refractivity (Wildman–Crippen MR) is 133 cm³/mol. The number of carbonyl (C=O) groups is 1. The topological polar surface area (TPSA) is 109 Å². The molecule has 0 aliphatic rings. The van der Waals surface area contributed by atoms with Gasteiger partial charge in [0.15, 0.2) is 15.4 Å². The van der Waals surface area contributed by atoms with E-state index in [2.05, 4.69) is 9.97 Å². The summed E-state index contributed by atoms with van der Waals surface area (Å²) in [6, 6.07) is 22.8. The number of benzene rings is 3. The zero-order valence-electron chi connectivity index (χ0n) is 19.4. The maximum absolute atomic E-state index is 13.0. The number of esters is 1. The second-order valence-corrected chi connectivity index (χ2v) is 10.0. The molecule has 0 unspecified atom stereocenters. The van der Waals surface area contributed by atoms with Crippen molar-refractivity contribution >= 4 is 37.8 Å². The monoisotopic (exact) mass is 502 g/mol. The number of sulfone groups is 1. The molecule has 3 aromatic carbocycles. The van der Waals surface area contributed by atoms with Crippen molar-refractivity contribution in [1.29, 1.82) is 0 Å². The first kappa shape index (κ1) is 23.5. The molecule has 2 heterocycles. The molecule has 36 heavy (non-hydrogen) atoms. The largest absolute Gasteiger partial charge is 0.487 e. The quantitative estimate of drug-likeness (QED) is 0.270. The van der Waals surface area contributed by atoms with E-state index >= 15 is 0 Å². The van der Waals surface area contributed by atoms with Crippen LogP contribution in [0.3, 0.4) is 0 Å². The van der Waals surface area contributed by atoms with Crippen molar-refractivity contribution in [3.8, 4) is 5.75 Å². The van der Waals surface area contributed by atoms with E-state index in [9.17, 15) is 13.2 Å². The normalized spacial score (nSPS) is 11.6. The molecule has 182 valence electrons. The molecule has 0 bridgehead atoms. The van der Waals surface area contributed by atoms with E-state index in [-0.39, 0.29) is 29.8 Å². The molecule has 0 spiro atoms. The van der Waals surface area contributed by atoms with Gasteiger partial charge in [0, 0.05) is 5.39 Å². The van der Waals surface area contributed by atoms with Crippen LogP contribution in [0.2, 0.25) is 0 Å². The zero-order valence-corrected chi connectivity index (χ0v) is 20.2. The zero-order chi connectivity index (χ0) is 25.1. The molecule has 0 amide bonds. The number of ether oxygens (including phenoxy) is 2. The Morgan fingerprint density at radius 3 is 2.53 bits per heavy atom. The van der Waals surface area contributed by atoms with E-state index in [4.69, 9.17) is 13.9 Å². The molecule has 0 saturated carbocycles. The minimum Gasteiger partial charge on any atom is -0.487 e. The van der Waals surface area contributed by atoms with Crippen molar-refractivity contribution in [3.63, 3.8) is 0 Å². The van der Waals surface area contributed by atoms with Gasteiger partial charge in [0.2, 0.25) is 0 Å². The lowest BCUT2D eigenvalue weighted by atomic mass is 10.2. The van der Waals surface area contributed by atoms with Crippen LogP contribution in [0, 0.1) is 0 Å². The maximum atomic E-state index is 13.0. The summed E-state index contributed by atoms with van der Waals surface area (Å²) in [4.78, 5) is 20.7. The van der Waals surface area contributed by atoms with Crippen molar-refractivity contribution in [2.75, 3.05) is 6.61 Å². The summed E-state index contributed by atoms with van der Waals surface area (Å²) >= 11 is 0. The highest BCUT2D eigenvalue weighted by atomic mass is 32.2. The highest BCUT2D eigenvalue weighted by molar-refractivity contribution is 7.90. The Labute approximate surface area is 207 Å². The number of pyridine rings is 1. The fraction of sp³-hybridized carbons (Fsp3) is 0.148. The number of rotatable bonds is 8. The molecular weight excluding hydrogens is 480 g/mol. The molecular formula is C27H22N2O6S. The van der Waals surface area contributed by atoms with Crippen LogP contribution in [0.4, 0.5) is 0 Å². The van der Waals surface area contributed by atoms with Gasteiger partial charge in [-0.25, -0.2) is 23.2 Å². The summed E-state index contributed by atoms with van der Waals surface area (Å²) in [6.45, 7) is 2.15. The van der Waals surface area contributed by atoms with Gasteiger partial charge in [0.25, 0.3) is 0 Å². The highest BCUT2D eigenvalue weighted by Gasteiger charge is 2.19. The molecule has 0 saturated heterocycles. The number of para-hydroxylation sites is 1. The molecule has 9 heteroatoms. The number of hydrogen-bond acceptors (Lipinski definition) is 8. The lowest BCUT2D eigenvalue weighted by Crippen LogP contribution is -2.05. The number of fused-ring (bicyclic) bond motifs is 2. The molecule has 2 aromatic heterocycles. The molecule has 0 atom stereocenters. The lowest BCUT2D eigenvalue weighted by Gasteiger charge is -2.09. The van der Waals surface area contributed by atoms with Crippen LogP contribution in [0.1, 0.15) is 28.9 Å². The van der Waals surface area contributed by atoms with Gasteiger partial charge in [0.05, 0.1) is 28.5 Å². The average molecular weight is 503 g/mol. The predicted octanol–water partition coefficient (Wildman–Crippen LogP) is 5.11.